The van der Waals surface area contributed by atoms with Gasteiger partial charge in [-0.05, 0) is 62.4 Å². The van der Waals surface area contributed by atoms with Crippen molar-refractivity contribution < 1.29 is 9.84 Å². The van der Waals surface area contributed by atoms with E-state index < -0.39 is 6.10 Å². The third kappa shape index (κ3) is 7.34. The Labute approximate surface area is 140 Å². The summed E-state index contributed by atoms with van der Waals surface area (Å²) in [6.07, 6.45) is 4.58. The molecule has 0 aromatic heterocycles. The van der Waals surface area contributed by atoms with E-state index in [-0.39, 0.29) is 0 Å². The van der Waals surface area contributed by atoms with Crippen LogP contribution in [0.2, 0.25) is 0 Å². The highest BCUT2D eigenvalue weighted by Crippen LogP contribution is 2.19. The van der Waals surface area contributed by atoms with Gasteiger partial charge in [-0.3, -0.25) is 0 Å². The van der Waals surface area contributed by atoms with Crippen LogP contribution in [0.5, 0.6) is 5.75 Å². The van der Waals surface area contributed by atoms with Gasteiger partial charge in [0.05, 0.1) is 0 Å². The first-order valence-corrected chi connectivity index (χ1v) is 8.97. The van der Waals surface area contributed by atoms with E-state index in [2.05, 4.69) is 36.6 Å². The minimum Gasteiger partial charge on any atom is -0.491 e. The lowest BCUT2D eigenvalue weighted by molar-refractivity contribution is 0.104. The Bertz CT molecular complexity index is 428. The van der Waals surface area contributed by atoms with Gasteiger partial charge in [-0.1, -0.05) is 26.0 Å². The van der Waals surface area contributed by atoms with Gasteiger partial charge in [0.15, 0.2) is 0 Å². The molecule has 1 fully saturated rings. The highest BCUT2D eigenvalue weighted by atomic mass is 16.5. The van der Waals surface area contributed by atoms with Crippen molar-refractivity contribution in [1.82, 2.24) is 10.6 Å². The van der Waals surface area contributed by atoms with Gasteiger partial charge >= 0.3 is 0 Å². The zero-order valence-corrected chi connectivity index (χ0v) is 14.6. The van der Waals surface area contributed by atoms with Crippen molar-refractivity contribution in [2.75, 3.05) is 26.2 Å². The fourth-order valence-electron chi connectivity index (χ4n) is 2.92. The molecule has 3 N–H and O–H groups in total. The van der Waals surface area contributed by atoms with Crippen LogP contribution < -0.4 is 15.4 Å². The number of ether oxygens (including phenoxy) is 1. The Hall–Kier alpha value is -1.10. The van der Waals surface area contributed by atoms with E-state index in [1.807, 2.05) is 12.1 Å². The highest BCUT2D eigenvalue weighted by molar-refractivity contribution is 5.27. The molecular formula is C19H32N2O2. The first-order valence-electron chi connectivity index (χ1n) is 8.97. The van der Waals surface area contributed by atoms with E-state index in [4.69, 9.17) is 4.74 Å². The molecule has 1 aromatic carbocycles. The van der Waals surface area contributed by atoms with E-state index in [1.165, 1.54) is 37.9 Å². The Kier molecular flexibility index (Phi) is 7.86. The molecule has 0 saturated carbocycles. The van der Waals surface area contributed by atoms with Gasteiger partial charge in [-0.25, -0.2) is 0 Å². The van der Waals surface area contributed by atoms with Crippen LogP contribution in [0.4, 0.5) is 0 Å². The maximum absolute atomic E-state index is 9.85. The van der Waals surface area contributed by atoms with Crippen LogP contribution in [-0.2, 0) is 6.42 Å². The van der Waals surface area contributed by atoms with E-state index >= 15 is 0 Å². The Morgan fingerprint density at radius 1 is 1.30 bits per heavy atom. The van der Waals surface area contributed by atoms with Gasteiger partial charge in [0.1, 0.15) is 18.5 Å². The maximum Gasteiger partial charge on any atom is 0.119 e. The van der Waals surface area contributed by atoms with Crippen LogP contribution in [0, 0.1) is 5.92 Å². The van der Waals surface area contributed by atoms with Gasteiger partial charge < -0.3 is 20.5 Å². The van der Waals surface area contributed by atoms with Crippen molar-refractivity contribution in [3.63, 3.8) is 0 Å². The predicted molar refractivity (Wildman–Crippen MR) is 95.0 cm³/mol. The Morgan fingerprint density at radius 3 is 2.74 bits per heavy atom. The molecule has 130 valence electrons. The number of aliphatic hydroxyl groups is 1. The summed E-state index contributed by atoms with van der Waals surface area (Å²) in [5.41, 5.74) is 1.37. The van der Waals surface area contributed by atoms with Crippen LogP contribution in [0.3, 0.4) is 0 Å². The summed E-state index contributed by atoms with van der Waals surface area (Å²) in [6, 6.07) is 8.69. The number of piperidine rings is 1. The summed E-state index contributed by atoms with van der Waals surface area (Å²) >= 11 is 0. The lowest BCUT2D eigenvalue weighted by Gasteiger charge is -2.22. The highest BCUT2D eigenvalue weighted by Gasteiger charge is 2.12. The standard InChI is InChI=1S/C19H32N2O2/c1-15(2)21-13-18(22)14-23-19-9-7-16(8-10-19)5-6-17-4-3-11-20-12-17/h7-10,15,17-18,20-22H,3-6,11-14H2,1-2H3. The Morgan fingerprint density at radius 2 is 2.09 bits per heavy atom. The molecule has 4 heteroatoms. The average Bonchev–Trinajstić information content (AvgIpc) is 2.58. The third-order valence-corrected chi connectivity index (χ3v) is 4.37. The zero-order chi connectivity index (χ0) is 16.5. The second-order valence-corrected chi connectivity index (χ2v) is 6.92. The van der Waals surface area contributed by atoms with Gasteiger partial charge in [0.25, 0.3) is 0 Å². The van der Waals surface area contributed by atoms with Crippen molar-refractivity contribution in [3.8, 4) is 5.75 Å². The molecule has 0 bridgehead atoms. The topological polar surface area (TPSA) is 53.5 Å². The van der Waals surface area contributed by atoms with E-state index in [0.29, 0.717) is 19.2 Å². The molecule has 1 heterocycles. The Balaban J connectivity index is 1.67. The molecule has 1 aromatic rings. The molecule has 4 nitrogen and oxygen atoms in total. The number of hydrogen-bond acceptors (Lipinski definition) is 4. The molecule has 2 unspecified atom stereocenters. The average molecular weight is 320 g/mol. The van der Waals surface area contributed by atoms with Gasteiger partial charge in [-0.15, -0.1) is 0 Å². The van der Waals surface area contributed by atoms with E-state index in [9.17, 15) is 5.11 Å². The molecule has 2 atom stereocenters. The second-order valence-electron chi connectivity index (χ2n) is 6.92. The van der Waals surface area contributed by atoms with Crippen molar-refractivity contribution >= 4 is 0 Å². The van der Waals surface area contributed by atoms with Crippen LogP contribution in [0.1, 0.15) is 38.7 Å². The van der Waals surface area contributed by atoms with Gasteiger partial charge in [-0.2, -0.15) is 0 Å². The minimum absolute atomic E-state index is 0.326. The normalized spacial score (nSPS) is 19.7. The monoisotopic (exact) mass is 320 g/mol. The number of nitrogens with one attached hydrogen (secondary N) is 2. The summed E-state index contributed by atoms with van der Waals surface area (Å²) in [5.74, 6) is 1.65. The van der Waals surface area contributed by atoms with Crippen LogP contribution in [-0.4, -0.2) is 43.5 Å². The zero-order valence-electron chi connectivity index (χ0n) is 14.6. The largest absolute Gasteiger partial charge is 0.491 e. The van der Waals surface area contributed by atoms with Crippen LogP contribution in [0.15, 0.2) is 24.3 Å². The summed E-state index contributed by atoms with van der Waals surface area (Å²) in [7, 11) is 0. The molecule has 0 spiro atoms. The van der Waals surface area contributed by atoms with Crippen molar-refractivity contribution in [2.24, 2.45) is 5.92 Å². The summed E-state index contributed by atoms with van der Waals surface area (Å²) in [4.78, 5) is 0. The summed E-state index contributed by atoms with van der Waals surface area (Å²) in [6.45, 7) is 7.37. The number of rotatable bonds is 9. The van der Waals surface area contributed by atoms with Crippen molar-refractivity contribution in [3.05, 3.63) is 29.8 Å². The predicted octanol–water partition coefficient (Wildman–Crippen LogP) is 2.36. The molecule has 1 aliphatic heterocycles. The summed E-state index contributed by atoms with van der Waals surface area (Å²) < 4.78 is 5.65. The molecule has 0 amide bonds. The smallest absolute Gasteiger partial charge is 0.119 e. The number of aliphatic hydroxyl groups excluding tert-OH is 1. The maximum atomic E-state index is 9.85. The molecule has 0 aliphatic carbocycles. The molecule has 1 aliphatic rings. The molecule has 1 saturated heterocycles. The fourth-order valence-corrected chi connectivity index (χ4v) is 2.92. The third-order valence-electron chi connectivity index (χ3n) is 4.37. The van der Waals surface area contributed by atoms with Crippen molar-refractivity contribution in [2.45, 2.75) is 51.7 Å². The van der Waals surface area contributed by atoms with Gasteiger partial charge in [0.2, 0.25) is 0 Å². The molecule has 23 heavy (non-hydrogen) atoms. The first-order chi connectivity index (χ1) is 11.1. The van der Waals surface area contributed by atoms with Crippen LogP contribution >= 0.6 is 0 Å². The minimum atomic E-state index is -0.476. The number of benzene rings is 1. The molecular weight excluding hydrogens is 288 g/mol. The van der Waals surface area contributed by atoms with Crippen LogP contribution in [0.25, 0.3) is 0 Å². The lowest BCUT2D eigenvalue weighted by Crippen LogP contribution is -2.35. The van der Waals surface area contributed by atoms with Crippen molar-refractivity contribution in [1.29, 1.82) is 0 Å². The van der Waals surface area contributed by atoms with E-state index in [0.717, 1.165) is 18.1 Å². The molecule has 0 radical (unpaired) electrons. The number of aryl methyl sites for hydroxylation is 1. The molecule has 2 rings (SSSR count). The lowest BCUT2D eigenvalue weighted by atomic mass is 9.93. The van der Waals surface area contributed by atoms with E-state index in [1.54, 1.807) is 0 Å². The SMILES string of the molecule is CC(C)NCC(O)COc1ccc(CCC2CCCNC2)cc1. The quantitative estimate of drug-likeness (QED) is 0.654. The van der Waals surface area contributed by atoms with Gasteiger partial charge in [0, 0.05) is 12.6 Å². The first kappa shape index (κ1) is 18.2. The second kappa shape index (κ2) is 9.91. The fraction of sp³-hybridized carbons (Fsp3) is 0.684. The summed E-state index contributed by atoms with van der Waals surface area (Å²) in [5, 5.41) is 16.5. The number of hydrogen-bond donors (Lipinski definition) is 3.